The Balaban J connectivity index is 1.60. The highest BCUT2D eigenvalue weighted by Crippen LogP contribution is 2.28. The lowest BCUT2D eigenvalue weighted by Crippen LogP contribution is -2.34. The first-order valence-corrected chi connectivity index (χ1v) is 9.35. The summed E-state index contributed by atoms with van der Waals surface area (Å²) in [6.45, 7) is 3.43. The van der Waals surface area contributed by atoms with Crippen molar-refractivity contribution < 1.29 is 5.11 Å². The van der Waals surface area contributed by atoms with Crippen molar-refractivity contribution in [2.45, 2.75) is 51.1 Å². The standard InChI is InChI=1S/C20H29N3O/c21-13-17-4-3-6-19(12-17)22-20-7-2-1-5-18(20)14-23-10-8-16(15-24)9-11-23/h1-2,5,7,16-17,19,22,24H,3-4,6,8-12,14-15H2. The molecule has 2 fully saturated rings. The summed E-state index contributed by atoms with van der Waals surface area (Å²) in [6, 6.07) is 11.5. The zero-order chi connectivity index (χ0) is 16.8. The molecule has 1 aliphatic heterocycles. The van der Waals surface area contributed by atoms with Gasteiger partial charge in [0.1, 0.15) is 0 Å². The van der Waals surface area contributed by atoms with Crippen LogP contribution in [0.1, 0.15) is 44.1 Å². The summed E-state index contributed by atoms with van der Waals surface area (Å²) in [7, 11) is 0. The van der Waals surface area contributed by atoms with Crippen LogP contribution in [0.15, 0.2) is 24.3 Å². The van der Waals surface area contributed by atoms with Gasteiger partial charge in [-0.2, -0.15) is 5.26 Å². The van der Waals surface area contributed by atoms with E-state index in [1.165, 1.54) is 11.3 Å². The topological polar surface area (TPSA) is 59.3 Å². The number of rotatable bonds is 5. The molecular weight excluding hydrogens is 298 g/mol. The molecular formula is C20H29N3O. The Labute approximate surface area is 145 Å². The lowest BCUT2D eigenvalue weighted by Gasteiger charge is -2.32. The van der Waals surface area contributed by atoms with Crippen molar-refractivity contribution in [1.29, 1.82) is 5.26 Å². The number of aliphatic hydroxyl groups is 1. The maximum Gasteiger partial charge on any atom is 0.0656 e. The van der Waals surface area contributed by atoms with Gasteiger partial charge >= 0.3 is 0 Å². The number of likely N-dealkylation sites (tertiary alicyclic amines) is 1. The fraction of sp³-hybridized carbons (Fsp3) is 0.650. The smallest absolute Gasteiger partial charge is 0.0656 e. The number of hydrogen-bond acceptors (Lipinski definition) is 4. The van der Waals surface area contributed by atoms with Gasteiger partial charge in [0.25, 0.3) is 0 Å². The Morgan fingerprint density at radius 3 is 2.71 bits per heavy atom. The van der Waals surface area contributed by atoms with Crippen LogP contribution in [0.2, 0.25) is 0 Å². The van der Waals surface area contributed by atoms with Crippen molar-refractivity contribution in [2.24, 2.45) is 11.8 Å². The first-order chi connectivity index (χ1) is 11.8. The molecule has 1 aromatic rings. The quantitative estimate of drug-likeness (QED) is 0.870. The maximum atomic E-state index is 9.28. The van der Waals surface area contributed by atoms with Gasteiger partial charge in [0.15, 0.2) is 0 Å². The number of hydrogen-bond donors (Lipinski definition) is 2. The van der Waals surface area contributed by atoms with Crippen LogP contribution in [0.25, 0.3) is 0 Å². The third kappa shape index (κ3) is 4.49. The first-order valence-electron chi connectivity index (χ1n) is 9.35. The van der Waals surface area contributed by atoms with E-state index >= 15 is 0 Å². The van der Waals surface area contributed by atoms with Crippen LogP contribution in [0.5, 0.6) is 0 Å². The minimum absolute atomic E-state index is 0.209. The molecule has 1 heterocycles. The van der Waals surface area contributed by atoms with Crippen LogP contribution in [-0.2, 0) is 6.54 Å². The van der Waals surface area contributed by atoms with Gasteiger partial charge in [-0.3, -0.25) is 4.90 Å². The van der Waals surface area contributed by atoms with Crippen LogP contribution in [-0.4, -0.2) is 35.7 Å². The number of nitrogens with one attached hydrogen (secondary N) is 1. The van der Waals surface area contributed by atoms with Gasteiger partial charge in [-0.25, -0.2) is 0 Å². The van der Waals surface area contributed by atoms with Crippen molar-refractivity contribution in [3.05, 3.63) is 29.8 Å². The lowest BCUT2D eigenvalue weighted by molar-refractivity contribution is 0.127. The summed E-state index contributed by atoms with van der Waals surface area (Å²) < 4.78 is 0. The highest BCUT2D eigenvalue weighted by atomic mass is 16.3. The van der Waals surface area contributed by atoms with Gasteiger partial charge in [0.2, 0.25) is 0 Å². The van der Waals surface area contributed by atoms with E-state index in [-0.39, 0.29) is 5.92 Å². The summed E-state index contributed by atoms with van der Waals surface area (Å²) in [5.74, 6) is 0.695. The normalized spacial score (nSPS) is 26.0. The number of nitriles is 1. The Morgan fingerprint density at radius 2 is 1.96 bits per heavy atom. The Bertz CT molecular complexity index is 560. The molecule has 2 aliphatic rings. The molecule has 1 aromatic carbocycles. The van der Waals surface area contributed by atoms with Crippen LogP contribution in [0.3, 0.4) is 0 Å². The molecule has 1 aliphatic carbocycles. The molecule has 0 spiro atoms. The molecule has 0 aromatic heterocycles. The molecule has 130 valence electrons. The van der Waals surface area contributed by atoms with Gasteiger partial charge in [-0.15, -0.1) is 0 Å². The largest absolute Gasteiger partial charge is 0.396 e. The number of piperidine rings is 1. The van der Waals surface area contributed by atoms with Crippen molar-refractivity contribution >= 4 is 5.69 Å². The van der Waals surface area contributed by atoms with Crippen molar-refractivity contribution in [1.82, 2.24) is 4.90 Å². The van der Waals surface area contributed by atoms with Crippen molar-refractivity contribution in [2.75, 3.05) is 25.0 Å². The predicted molar refractivity (Wildman–Crippen MR) is 96.5 cm³/mol. The summed E-state index contributed by atoms with van der Waals surface area (Å²) in [5, 5.41) is 22.2. The first kappa shape index (κ1) is 17.3. The molecule has 3 rings (SSSR count). The van der Waals surface area contributed by atoms with E-state index in [0.29, 0.717) is 18.6 Å². The molecule has 4 nitrogen and oxygen atoms in total. The van der Waals surface area contributed by atoms with Crippen LogP contribution in [0, 0.1) is 23.2 Å². The Kier molecular flexibility index (Phi) is 6.12. The molecule has 2 atom stereocenters. The number of benzene rings is 1. The molecule has 0 amide bonds. The molecule has 2 unspecified atom stereocenters. The van der Waals surface area contributed by atoms with Crippen molar-refractivity contribution in [3.63, 3.8) is 0 Å². The summed E-state index contributed by atoms with van der Waals surface area (Å²) >= 11 is 0. The average Bonchev–Trinajstić information content (AvgIpc) is 2.64. The van der Waals surface area contributed by atoms with Crippen molar-refractivity contribution in [3.8, 4) is 6.07 Å². The molecule has 4 heteroatoms. The zero-order valence-electron chi connectivity index (χ0n) is 14.5. The van der Waals surface area contributed by atoms with E-state index in [9.17, 15) is 10.4 Å². The second kappa shape index (κ2) is 8.50. The lowest BCUT2D eigenvalue weighted by atomic mass is 9.86. The molecule has 1 saturated heterocycles. The highest BCUT2D eigenvalue weighted by Gasteiger charge is 2.23. The Hall–Kier alpha value is -1.57. The third-order valence-electron chi connectivity index (χ3n) is 5.59. The number of para-hydroxylation sites is 1. The van der Waals surface area contributed by atoms with E-state index in [1.54, 1.807) is 0 Å². The number of anilines is 1. The van der Waals surface area contributed by atoms with Gasteiger partial charge in [-0.1, -0.05) is 24.6 Å². The molecule has 2 N–H and O–H groups in total. The summed E-state index contributed by atoms with van der Waals surface area (Å²) in [4.78, 5) is 2.49. The van der Waals surface area contributed by atoms with Crippen LogP contribution < -0.4 is 5.32 Å². The summed E-state index contributed by atoms with van der Waals surface area (Å²) in [5.41, 5.74) is 2.57. The summed E-state index contributed by atoms with van der Waals surface area (Å²) in [6.07, 6.45) is 6.52. The number of nitrogens with zero attached hydrogens (tertiary/aromatic N) is 2. The number of aliphatic hydroxyl groups excluding tert-OH is 1. The fourth-order valence-electron chi connectivity index (χ4n) is 4.03. The van der Waals surface area contributed by atoms with Gasteiger partial charge < -0.3 is 10.4 Å². The minimum Gasteiger partial charge on any atom is -0.396 e. The van der Waals surface area contributed by atoms with Gasteiger partial charge in [0.05, 0.1) is 6.07 Å². The molecule has 0 bridgehead atoms. The van der Waals surface area contributed by atoms with E-state index in [1.807, 2.05) is 0 Å². The zero-order valence-corrected chi connectivity index (χ0v) is 14.5. The van der Waals surface area contributed by atoms with Gasteiger partial charge in [-0.05, 0) is 62.7 Å². The molecule has 24 heavy (non-hydrogen) atoms. The second-order valence-corrected chi connectivity index (χ2v) is 7.39. The molecule has 0 radical (unpaired) electrons. The fourth-order valence-corrected chi connectivity index (χ4v) is 4.03. The van der Waals surface area contributed by atoms with E-state index < -0.39 is 0 Å². The maximum absolute atomic E-state index is 9.28. The van der Waals surface area contributed by atoms with Crippen LogP contribution in [0.4, 0.5) is 5.69 Å². The van der Waals surface area contributed by atoms with Gasteiger partial charge in [0, 0.05) is 30.8 Å². The average molecular weight is 327 g/mol. The SMILES string of the molecule is N#CC1CCCC(Nc2ccccc2CN2CCC(CO)CC2)C1. The van der Waals surface area contributed by atoms with Crippen LogP contribution >= 0.6 is 0 Å². The predicted octanol–water partition coefficient (Wildman–Crippen LogP) is 3.39. The Morgan fingerprint density at radius 1 is 1.17 bits per heavy atom. The van der Waals surface area contributed by atoms with E-state index in [0.717, 1.165) is 58.2 Å². The van der Waals surface area contributed by atoms with E-state index in [4.69, 9.17) is 0 Å². The third-order valence-corrected chi connectivity index (χ3v) is 5.59. The second-order valence-electron chi connectivity index (χ2n) is 7.39. The molecule has 1 saturated carbocycles. The van der Waals surface area contributed by atoms with E-state index in [2.05, 4.69) is 40.6 Å². The monoisotopic (exact) mass is 327 g/mol. The minimum atomic E-state index is 0.209. The highest BCUT2D eigenvalue weighted by molar-refractivity contribution is 5.51.